The van der Waals surface area contributed by atoms with E-state index in [4.69, 9.17) is 13.9 Å². The quantitative estimate of drug-likeness (QED) is 0.544. The van der Waals surface area contributed by atoms with Crippen LogP contribution in [0.5, 0.6) is 0 Å². The minimum atomic E-state index is -3.42. The molecule has 1 fully saturated rings. The molecule has 0 unspecified atom stereocenters. The summed E-state index contributed by atoms with van der Waals surface area (Å²) in [6.07, 6.45) is -0.628. The number of ketones is 1. The maximum absolute atomic E-state index is 12.9. The minimum absolute atomic E-state index is 0.0472. The predicted octanol–water partition coefficient (Wildman–Crippen LogP) is 3.06. The number of benzene rings is 1. The van der Waals surface area contributed by atoms with Gasteiger partial charge >= 0.3 is 7.60 Å². The first kappa shape index (κ1) is 20.7. The fourth-order valence-electron chi connectivity index (χ4n) is 2.72. The fourth-order valence-corrected chi connectivity index (χ4v) is 4.76. The van der Waals surface area contributed by atoms with E-state index in [2.05, 4.69) is 5.32 Å². The van der Waals surface area contributed by atoms with Crippen LogP contribution in [0.25, 0.3) is 0 Å². The number of anilines is 1. The Morgan fingerprint density at radius 3 is 2.31 bits per heavy atom. The molecule has 1 heterocycles. The summed E-state index contributed by atoms with van der Waals surface area (Å²) in [7, 11) is -1.82. The minimum Gasteiger partial charge on any atom is -0.324 e. The lowest BCUT2D eigenvalue weighted by atomic mass is 10.1. The monoisotopic (exact) mass is 384 g/mol. The highest BCUT2D eigenvalue weighted by Gasteiger charge is 2.48. The van der Waals surface area contributed by atoms with Crippen LogP contribution < -0.4 is 5.32 Å². The van der Waals surface area contributed by atoms with Crippen molar-refractivity contribution in [1.82, 2.24) is 5.06 Å². The lowest BCUT2D eigenvalue weighted by Gasteiger charge is -2.25. The molecule has 0 radical (unpaired) electrons. The number of nitrogens with one attached hydrogen (secondary N) is 1. The maximum Gasteiger partial charge on any atom is 0.350 e. The van der Waals surface area contributed by atoms with E-state index in [0.29, 0.717) is 11.3 Å². The first-order valence-electron chi connectivity index (χ1n) is 8.51. The zero-order valence-corrected chi connectivity index (χ0v) is 16.3. The van der Waals surface area contributed by atoms with Gasteiger partial charge in [0.15, 0.2) is 11.9 Å². The molecule has 1 N–H and O–H groups in total. The number of hydroxylamine groups is 2. The molecule has 0 saturated carbocycles. The van der Waals surface area contributed by atoms with Crippen molar-refractivity contribution in [2.75, 3.05) is 25.6 Å². The van der Waals surface area contributed by atoms with Gasteiger partial charge in [-0.05, 0) is 45.0 Å². The third-order valence-corrected chi connectivity index (χ3v) is 6.47. The third-order valence-electron chi connectivity index (χ3n) is 3.97. The Morgan fingerprint density at radius 1 is 1.23 bits per heavy atom. The van der Waals surface area contributed by atoms with E-state index in [1.165, 1.54) is 12.0 Å². The van der Waals surface area contributed by atoms with Crippen LogP contribution >= 0.6 is 7.60 Å². The number of Topliss-reactive ketones (excluding diaryl/α,β-unsaturated/α-hetero) is 1. The van der Waals surface area contributed by atoms with E-state index in [-0.39, 0.29) is 31.3 Å². The molecule has 1 aromatic carbocycles. The molecule has 2 rings (SSSR count). The van der Waals surface area contributed by atoms with Gasteiger partial charge in [-0.15, -0.1) is 0 Å². The van der Waals surface area contributed by atoms with Crippen LogP contribution in [-0.2, 0) is 23.2 Å². The standard InChI is InChI=1S/C17H25N2O6P/c1-5-23-26(22,24-6-2)16-11-15(25-19(16)4)17(21)18-14-9-7-13(8-10-14)12(3)20/h7-10,15-16H,5-6,11H2,1-4H3,(H,18,21)/t15-,16+/m1/s1. The summed E-state index contributed by atoms with van der Waals surface area (Å²) in [6, 6.07) is 6.58. The molecular formula is C17H25N2O6P. The second-order valence-corrected chi connectivity index (χ2v) is 8.05. The molecule has 0 bridgehead atoms. The topological polar surface area (TPSA) is 94.2 Å². The normalized spacial score (nSPS) is 20.9. The molecule has 0 aliphatic carbocycles. The van der Waals surface area contributed by atoms with Crippen molar-refractivity contribution in [1.29, 1.82) is 0 Å². The molecule has 0 aromatic heterocycles. The highest BCUT2D eigenvalue weighted by atomic mass is 31.2. The second kappa shape index (κ2) is 8.88. The van der Waals surface area contributed by atoms with Crippen LogP contribution in [0.15, 0.2) is 24.3 Å². The molecular weight excluding hydrogens is 359 g/mol. The predicted molar refractivity (Wildman–Crippen MR) is 97.0 cm³/mol. The van der Waals surface area contributed by atoms with Crippen LogP contribution in [0, 0.1) is 0 Å². The van der Waals surface area contributed by atoms with Gasteiger partial charge in [-0.25, -0.2) is 0 Å². The van der Waals surface area contributed by atoms with Gasteiger partial charge in [0.25, 0.3) is 5.91 Å². The first-order valence-corrected chi connectivity index (χ1v) is 10.1. The zero-order valence-electron chi connectivity index (χ0n) is 15.4. The largest absolute Gasteiger partial charge is 0.350 e. The van der Waals surface area contributed by atoms with Crippen LogP contribution in [0.1, 0.15) is 37.6 Å². The number of hydrogen-bond donors (Lipinski definition) is 1. The summed E-state index contributed by atoms with van der Waals surface area (Å²) < 4.78 is 23.6. The molecule has 1 aliphatic rings. The van der Waals surface area contributed by atoms with Crippen LogP contribution in [0.4, 0.5) is 5.69 Å². The molecule has 9 heteroatoms. The lowest BCUT2D eigenvalue weighted by molar-refractivity contribution is -0.155. The number of carbonyl (C=O) groups excluding carboxylic acids is 2. The van der Waals surface area contributed by atoms with Gasteiger partial charge in [0, 0.05) is 24.7 Å². The number of rotatable bonds is 8. The van der Waals surface area contributed by atoms with E-state index >= 15 is 0 Å². The Hall–Kier alpha value is -1.57. The van der Waals surface area contributed by atoms with Gasteiger partial charge in [0.2, 0.25) is 0 Å². The Balaban J connectivity index is 2.04. The average Bonchev–Trinajstić information content (AvgIpc) is 2.98. The number of amides is 1. The highest BCUT2D eigenvalue weighted by molar-refractivity contribution is 7.54. The first-order chi connectivity index (χ1) is 12.3. The molecule has 1 saturated heterocycles. The van der Waals surface area contributed by atoms with E-state index < -0.39 is 19.5 Å². The molecule has 1 amide bonds. The lowest BCUT2D eigenvalue weighted by Crippen LogP contribution is -2.28. The van der Waals surface area contributed by atoms with Crippen molar-refractivity contribution < 1.29 is 28.0 Å². The van der Waals surface area contributed by atoms with Crippen molar-refractivity contribution in [3.63, 3.8) is 0 Å². The molecule has 2 atom stereocenters. The summed E-state index contributed by atoms with van der Waals surface area (Å²) >= 11 is 0. The zero-order chi connectivity index (χ0) is 19.3. The van der Waals surface area contributed by atoms with Gasteiger partial charge in [0.05, 0.1) is 13.2 Å². The highest BCUT2D eigenvalue weighted by Crippen LogP contribution is 2.57. The van der Waals surface area contributed by atoms with E-state index in [0.717, 1.165) is 0 Å². The third kappa shape index (κ3) is 4.78. The van der Waals surface area contributed by atoms with Crippen molar-refractivity contribution in [3.05, 3.63) is 29.8 Å². The molecule has 8 nitrogen and oxygen atoms in total. The van der Waals surface area contributed by atoms with E-state index in [9.17, 15) is 14.2 Å². The molecule has 144 valence electrons. The van der Waals surface area contributed by atoms with Gasteiger partial charge in [-0.2, -0.15) is 5.06 Å². The van der Waals surface area contributed by atoms with Crippen molar-refractivity contribution in [3.8, 4) is 0 Å². The van der Waals surface area contributed by atoms with Gasteiger partial charge < -0.3 is 14.4 Å². The Bertz CT molecular complexity index is 683. The number of carbonyl (C=O) groups is 2. The molecule has 1 aromatic rings. The average molecular weight is 384 g/mol. The van der Waals surface area contributed by atoms with Gasteiger partial charge in [-0.1, -0.05) is 0 Å². The summed E-state index contributed by atoms with van der Waals surface area (Å²) in [6.45, 7) is 5.42. The maximum atomic E-state index is 12.9. The van der Waals surface area contributed by atoms with Crippen molar-refractivity contribution >= 4 is 25.0 Å². The van der Waals surface area contributed by atoms with Crippen LogP contribution in [0.2, 0.25) is 0 Å². The molecule has 26 heavy (non-hydrogen) atoms. The fraction of sp³-hybridized carbons (Fsp3) is 0.529. The Labute approximate surface area is 153 Å². The summed E-state index contributed by atoms with van der Waals surface area (Å²) in [5.74, 6) is -1.07. The van der Waals surface area contributed by atoms with Crippen LogP contribution in [0.3, 0.4) is 0 Å². The smallest absolute Gasteiger partial charge is 0.324 e. The summed E-state index contributed by atoms with van der Waals surface area (Å²) in [4.78, 5) is 29.3. The summed E-state index contributed by atoms with van der Waals surface area (Å²) in [5.41, 5.74) is 1.11. The van der Waals surface area contributed by atoms with Crippen molar-refractivity contribution in [2.24, 2.45) is 0 Å². The van der Waals surface area contributed by atoms with Crippen molar-refractivity contribution in [2.45, 2.75) is 39.1 Å². The molecule has 1 aliphatic heterocycles. The van der Waals surface area contributed by atoms with Crippen LogP contribution in [-0.4, -0.2) is 48.9 Å². The Morgan fingerprint density at radius 2 is 1.81 bits per heavy atom. The SMILES string of the molecule is CCOP(=O)(OCC)[C@H]1C[C@H](C(=O)Nc2ccc(C(C)=O)cc2)ON1C. The summed E-state index contributed by atoms with van der Waals surface area (Å²) in [5, 5.41) is 4.10. The van der Waals surface area contributed by atoms with E-state index in [1.54, 1.807) is 45.2 Å². The van der Waals surface area contributed by atoms with Gasteiger partial charge in [0.1, 0.15) is 5.78 Å². The second-order valence-electron chi connectivity index (χ2n) is 5.85. The molecule has 0 spiro atoms. The number of hydrogen-bond acceptors (Lipinski definition) is 7. The Kier molecular flexibility index (Phi) is 7.08. The van der Waals surface area contributed by atoms with Gasteiger partial charge in [-0.3, -0.25) is 19.0 Å². The number of nitrogens with zero attached hydrogens (tertiary/aromatic N) is 1. The van der Waals surface area contributed by atoms with E-state index in [1.807, 2.05) is 0 Å².